The van der Waals surface area contributed by atoms with Crippen LogP contribution in [0.15, 0.2) is 30.5 Å². The molecule has 0 saturated heterocycles. The SMILES string of the molecule is CC(C=O)c1c(Cl)ccc2cccnc12. The van der Waals surface area contributed by atoms with Gasteiger partial charge in [-0.2, -0.15) is 0 Å². The molecule has 0 radical (unpaired) electrons. The third-order valence-corrected chi connectivity index (χ3v) is 2.75. The number of hydrogen-bond acceptors (Lipinski definition) is 2. The van der Waals surface area contributed by atoms with E-state index in [4.69, 9.17) is 11.6 Å². The highest BCUT2D eigenvalue weighted by Gasteiger charge is 2.13. The monoisotopic (exact) mass is 219 g/mol. The second-order valence-corrected chi connectivity index (χ2v) is 3.87. The van der Waals surface area contributed by atoms with E-state index in [-0.39, 0.29) is 5.92 Å². The molecule has 1 unspecified atom stereocenters. The smallest absolute Gasteiger partial charge is 0.127 e. The fourth-order valence-electron chi connectivity index (χ4n) is 1.64. The Morgan fingerprint density at radius 2 is 2.20 bits per heavy atom. The number of hydrogen-bond donors (Lipinski definition) is 0. The number of carbonyl (C=O) groups is 1. The molecule has 2 nitrogen and oxygen atoms in total. The van der Waals surface area contributed by atoms with Crippen molar-refractivity contribution in [2.75, 3.05) is 0 Å². The highest BCUT2D eigenvalue weighted by Crippen LogP contribution is 2.29. The van der Waals surface area contributed by atoms with Crippen LogP contribution in [0, 0.1) is 0 Å². The largest absolute Gasteiger partial charge is 0.303 e. The summed E-state index contributed by atoms with van der Waals surface area (Å²) in [5.41, 5.74) is 1.62. The molecular weight excluding hydrogens is 210 g/mol. The molecule has 0 aliphatic rings. The maximum atomic E-state index is 10.8. The fourth-order valence-corrected chi connectivity index (χ4v) is 1.97. The molecule has 2 aromatic rings. The third kappa shape index (κ3) is 1.73. The summed E-state index contributed by atoms with van der Waals surface area (Å²) in [5.74, 6) is -0.226. The maximum absolute atomic E-state index is 10.8. The van der Waals surface area contributed by atoms with Crippen LogP contribution in [-0.2, 0) is 4.79 Å². The van der Waals surface area contributed by atoms with Gasteiger partial charge in [-0.05, 0) is 12.1 Å². The zero-order valence-electron chi connectivity index (χ0n) is 8.27. The topological polar surface area (TPSA) is 30.0 Å². The minimum Gasteiger partial charge on any atom is -0.303 e. The van der Waals surface area contributed by atoms with Crippen molar-refractivity contribution in [1.29, 1.82) is 0 Å². The van der Waals surface area contributed by atoms with Crippen LogP contribution in [0.25, 0.3) is 10.9 Å². The van der Waals surface area contributed by atoms with Crippen molar-refractivity contribution in [2.45, 2.75) is 12.8 Å². The van der Waals surface area contributed by atoms with Crippen molar-refractivity contribution in [3.63, 3.8) is 0 Å². The standard InChI is InChI=1S/C12H10ClNO/c1-8(7-15)11-10(13)5-4-9-3-2-6-14-12(9)11/h2-8H,1H3. The zero-order valence-corrected chi connectivity index (χ0v) is 9.03. The normalized spacial score (nSPS) is 12.7. The second kappa shape index (κ2) is 3.99. The maximum Gasteiger partial charge on any atom is 0.127 e. The van der Waals surface area contributed by atoms with Crippen LogP contribution in [-0.4, -0.2) is 11.3 Å². The van der Waals surface area contributed by atoms with Crippen LogP contribution >= 0.6 is 11.6 Å². The first-order valence-electron chi connectivity index (χ1n) is 4.72. The van der Waals surface area contributed by atoms with Gasteiger partial charge in [-0.25, -0.2) is 0 Å². The lowest BCUT2D eigenvalue weighted by molar-refractivity contribution is -0.108. The molecule has 0 N–H and O–H groups in total. The molecule has 0 amide bonds. The summed E-state index contributed by atoms with van der Waals surface area (Å²) in [6.45, 7) is 1.82. The Hall–Kier alpha value is -1.41. The van der Waals surface area contributed by atoms with E-state index in [1.165, 1.54) is 0 Å². The van der Waals surface area contributed by atoms with Crippen LogP contribution in [0.1, 0.15) is 18.4 Å². The minimum atomic E-state index is -0.226. The van der Waals surface area contributed by atoms with Gasteiger partial charge >= 0.3 is 0 Å². The van der Waals surface area contributed by atoms with Gasteiger partial charge in [-0.3, -0.25) is 4.98 Å². The summed E-state index contributed by atoms with van der Waals surface area (Å²) >= 11 is 6.08. The van der Waals surface area contributed by atoms with Gasteiger partial charge in [0.25, 0.3) is 0 Å². The molecule has 1 aromatic heterocycles. The lowest BCUT2D eigenvalue weighted by Gasteiger charge is -2.09. The lowest BCUT2D eigenvalue weighted by Crippen LogP contribution is -1.98. The van der Waals surface area contributed by atoms with E-state index < -0.39 is 0 Å². The van der Waals surface area contributed by atoms with Gasteiger partial charge in [0.15, 0.2) is 0 Å². The van der Waals surface area contributed by atoms with Gasteiger partial charge in [0.05, 0.1) is 5.52 Å². The summed E-state index contributed by atoms with van der Waals surface area (Å²) in [6.07, 6.45) is 2.59. The van der Waals surface area contributed by atoms with E-state index in [1.807, 2.05) is 25.1 Å². The molecule has 76 valence electrons. The first-order chi connectivity index (χ1) is 7.24. The van der Waals surface area contributed by atoms with Gasteiger partial charge in [0, 0.05) is 28.1 Å². The molecule has 2 rings (SSSR count). The summed E-state index contributed by atoms with van der Waals surface area (Å²) in [4.78, 5) is 15.1. The Kier molecular flexibility index (Phi) is 2.69. The highest BCUT2D eigenvalue weighted by atomic mass is 35.5. The lowest BCUT2D eigenvalue weighted by atomic mass is 9.99. The van der Waals surface area contributed by atoms with Crippen LogP contribution in [0.5, 0.6) is 0 Å². The van der Waals surface area contributed by atoms with Gasteiger partial charge in [0.1, 0.15) is 6.29 Å². The molecule has 1 atom stereocenters. The summed E-state index contributed by atoms with van der Waals surface area (Å²) in [6, 6.07) is 7.54. The van der Waals surface area contributed by atoms with Gasteiger partial charge in [0.2, 0.25) is 0 Å². The number of halogens is 1. The van der Waals surface area contributed by atoms with Crippen molar-refractivity contribution in [1.82, 2.24) is 4.98 Å². The van der Waals surface area contributed by atoms with Gasteiger partial charge in [-0.1, -0.05) is 30.7 Å². The number of aldehydes is 1. The van der Waals surface area contributed by atoms with Crippen molar-refractivity contribution in [2.24, 2.45) is 0 Å². The van der Waals surface area contributed by atoms with E-state index in [0.29, 0.717) is 5.02 Å². The second-order valence-electron chi connectivity index (χ2n) is 3.46. The first kappa shape index (κ1) is 10.1. The van der Waals surface area contributed by atoms with E-state index >= 15 is 0 Å². The molecule has 0 aliphatic carbocycles. The molecule has 0 saturated carbocycles. The Bertz CT molecular complexity index is 510. The summed E-state index contributed by atoms with van der Waals surface area (Å²) in [7, 11) is 0. The summed E-state index contributed by atoms with van der Waals surface area (Å²) in [5, 5.41) is 1.60. The van der Waals surface area contributed by atoms with Gasteiger partial charge in [-0.15, -0.1) is 0 Å². The van der Waals surface area contributed by atoms with E-state index in [0.717, 1.165) is 22.8 Å². The number of rotatable bonds is 2. The number of benzene rings is 1. The predicted molar refractivity (Wildman–Crippen MR) is 61.2 cm³/mol. The number of aromatic nitrogens is 1. The molecule has 3 heteroatoms. The number of nitrogens with zero attached hydrogens (tertiary/aromatic N) is 1. The van der Waals surface area contributed by atoms with Crippen molar-refractivity contribution >= 4 is 28.8 Å². The third-order valence-electron chi connectivity index (χ3n) is 2.42. The predicted octanol–water partition coefficient (Wildman–Crippen LogP) is 3.19. The molecular formula is C12H10ClNO. The van der Waals surface area contributed by atoms with E-state index in [1.54, 1.807) is 12.3 Å². The van der Waals surface area contributed by atoms with Crippen molar-refractivity contribution < 1.29 is 4.79 Å². The Labute approximate surface area is 92.9 Å². The quantitative estimate of drug-likeness (QED) is 0.726. The number of pyridine rings is 1. The Morgan fingerprint density at radius 1 is 1.40 bits per heavy atom. The molecule has 15 heavy (non-hydrogen) atoms. The van der Waals surface area contributed by atoms with Crippen LogP contribution in [0.3, 0.4) is 0 Å². The minimum absolute atomic E-state index is 0.226. The summed E-state index contributed by atoms with van der Waals surface area (Å²) < 4.78 is 0. The average molecular weight is 220 g/mol. The molecule has 0 bridgehead atoms. The average Bonchev–Trinajstić information content (AvgIpc) is 2.28. The Balaban J connectivity index is 2.79. The first-order valence-corrected chi connectivity index (χ1v) is 5.10. The van der Waals surface area contributed by atoms with Crippen LogP contribution in [0.4, 0.5) is 0 Å². The zero-order chi connectivity index (χ0) is 10.8. The van der Waals surface area contributed by atoms with Crippen molar-refractivity contribution in [3.05, 3.63) is 41.0 Å². The Morgan fingerprint density at radius 3 is 2.93 bits per heavy atom. The molecule has 0 spiro atoms. The highest BCUT2D eigenvalue weighted by molar-refractivity contribution is 6.32. The van der Waals surface area contributed by atoms with E-state index in [2.05, 4.69) is 4.98 Å². The molecule has 1 heterocycles. The van der Waals surface area contributed by atoms with Crippen molar-refractivity contribution in [3.8, 4) is 0 Å². The van der Waals surface area contributed by atoms with Crippen LogP contribution < -0.4 is 0 Å². The fraction of sp³-hybridized carbons (Fsp3) is 0.167. The molecule has 0 fully saturated rings. The van der Waals surface area contributed by atoms with Crippen LogP contribution in [0.2, 0.25) is 5.02 Å². The molecule has 1 aromatic carbocycles. The number of carbonyl (C=O) groups excluding carboxylic acids is 1. The number of fused-ring (bicyclic) bond motifs is 1. The molecule has 0 aliphatic heterocycles. The van der Waals surface area contributed by atoms with E-state index in [9.17, 15) is 4.79 Å². The van der Waals surface area contributed by atoms with Gasteiger partial charge < -0.3 is 4.79 Å².